The minimum absolute atomic E-state index is 0.0426. The van der Waals surface area contributed by atoms with E-state index in [2.05, 4.69) is 22.3 Å². The van der Waals surface area contributed by atoms with E-state index in [1.807, 2.05) is 28.8 Å². The number of carboxylic acid groups (broad SMARTS) is 1. The number of benzene rings is 1. The zero-order chi connectivity index (χ0) is 17.1. The molecule has 0 aliphatic carbocycles. The normalized spacial score (nSPS) is 10.9. The molecule has 1 amide bonds. The summed E-state index contributed by atoms with van der Waals surface area (Å²) in [4.78, 5) is 27.5. The molecule has 0 aliphatic heterocycles. The molecule has 0 saturated carbocycles. The van der Waals surface area contributed by atoms with Gasteiger partial charge in [-0.15, -0.1) is 0 Å². The number of hydrogen-bond acceptors (Lipinski definition) is 4. The number of aryl methyl sites for hydroxylation is 1. The van der Waals surface area contributed by atoms with Crippen molar-refractivity contribution in [3.63, 3.8) is 0 Å². The van der Waals surface area contributed by atoms with E-state index in [0.29, 0.717) is 5.95 Å². The second-order valence-electron chi connectivity index (χ2n) is 5.36. The molecule has 0 saturated heterocycles. The second kappa shape index (κ2) is 6.53. The number of carboxylic acids is 1. The summed E-state index contributed by atoms with van der Waals surface area (Å²) in [6.45, 7) is 2.71. The number of amides is 1. The van der Waals surface area contributed by atoms with Gasteiger partial charge in [0, 0.05) is 12.7 Å². The quantitative estimate of drug-likeness (QED) is 0.721. The summed E-state index contributed by atoms with van der Waals surface area (Å²) < 4.78 is 3.24. The molecule has 0 fully saturated rings. The molecule has 0 bridgehead atoms. The van der Waals surface area contributed by atoms with E-state index in [1.165, 1.54) is 17.1 Å². The molecule has 2 heterocycles. The van der Waals surface area contributed by atoms with Crippen LogP contribution in [0.4, 0.5) is 5.95 Å². The minimum Gasteiger partial charge on any atom is -0.478 e. The highest BCUT2D eigenvalue weighted by Gasteiger charge is 2.14. The van der Waals surface area contributed by atoms with Crippen LogP contribution in [0.15, 0.2) is 36.7 Å². The largest absolute Gasteiger partial charge is 0.478 e. The van der Waals surface area contributed by atoms with Crippen molar-refractivity contribution in [3.05, 3.63) is 42.2 Å². The first-order chi connectivity index (χ1) is 11.6. The van der Waals surface area contributed by atoms with E-state index in [4.69, 9.17) is 5.11 Å². The van der Waals surface area contributed by atoms with Crippen LogP contribution < -0.4 is 5.32 Å². The molecule has 24 heavy (non-hydrogen) atoms. The lowest BCUT2D eigenvalue weighted by Crippen LogP contribution is -2.21. The van der Waals surface area contributed by atoms with Crippen LogP contribution in [0.1, 0.15) is 23.7 Å². The molecule has 124 valence electrons. The lowest BCUT2D eigenvalue weighted by atomic mass is 10.3. The van der Waals surface area contributed by atoms with E-state index < -0.39 is 5.97 Å². The summed E-state index contributed by atoms with van der Waals surface area (Å²) in [6.07, 6.45) is 3.43. The number of rotatable bonds is 6. The van der Waals surface area contributed by atoms with Crippen molar-refractivity contribution in [2.24, 2.45) is 0 Å². The Hall–Kier alpha value is -3.16. The number of aromatic carboxylic acids is 1. The molecule has 0 spiro atoms. The van der Waals surface area contributed by atoms with Crippen LogP contribution in [-0.4, -0.2) is 36.3 Å². The number of hydrogen-bond donors (Lipinski definition) is 2. The summed E-state index contributed by atoms with van der Waals surface area (Å²) in [6, 6.07) is 7.68. The number of nitrogens with one attached hydrogen (secondary N) is 1. The third kappa shape index (κ3) is 3.12. The van der Waals surface area contributed by atoms with Crippen LogP contribution in [-0.2, 0) is 17.9 Å². The highest BCUT2D eigenvalue weighted by molar-refractivity contribution is 5.91. The topological polar surface area (TPSA) is 102 Å². The first-order valence-electron chi connectivity index (χ1n) is 7.59. The Kier molecular flexibility index (Phi) is 4.28. The van der Waals surface area contributed by atoms with E-state index in [1.54, 1.807) is 0 Å². The molecule has 3 rings (SSSR count). The van der Waals surface area contributed by atoms with Gasteiger partial charge in [0.15, 0.2) is 0 Å². The Morgan fingerprint density at radius 1 is 1.29 bits per heavy atom. The first-order valence-corrected chi connectivity index (χ1v) is 7.59. The minimum atomic E-state index is -1.08. The number of imidazole rings is 1. The van der Waals surface area contributed by atoms with Gasteiger partial charge in [-0.2, -0.15) is 5.10 Å². The molecule has 8 heteroatoms. The van der Waals surface area contributed by atoms with Crippen LogP contribution in [0.25, 0.3) is 11.0 Å². The predicted octanol–water partition coefficient (Wildman–Crippen LogP) is 1.98. The van der Waals surface area contributed by atoms with Gasteiger partial charge < -0.3 is 9.67 Å². The first kappa shape index (κ1) is 15.7. The molecule has 2 aromatic heterocycles. The predicted molar refractivity (Wildman–Crippen MR) is 87.8 cm³/mol. The molecule has 2 N–H and O–H groups in total. The summed E-state index contributed by atoms with van der Waals surface area (Å²) in [5.41, 5.74) is 1.82. The molecular weight excluding hydrogens is 310 g/mol. The Morgan fingerprint density at radius 3 is 2.79 bits per heavy atom. The molecule has 0 unspecified atom stereocenters. The molecule has 0 atom stereocenters. The average molecular weight is 327 g/mol. The fourth-order valence-corrected chi connectivity index (χ4v) is 2.49. The Labute approximate surface area is 137 Å². The maximum atomic E-state index is 12.2. The highest BCUT2D eigenvalue weighted by atomic mass is 16.4. The maximum absolute atomic E-state index is 12.2. The molecular formula is C16H17N5O3. The number of anilines is 1. The van der Waals surface area contributed by atoms with Crippen molar-refractivity contribution < 1.29 is 14.7 Å². The van der Waals surface area contributed by atoms with Crippen LogP contribution in [0.2, 0.25) is 0 Å². The second-order valence-corrected chi connectivity index (χ2v) is 5.36. The lowest BCUT2D eigenvalue weighted by molar-refractivity contribution is -0.117. The van der Waals surface area contributed by atoms with Crippen LogP contribution in [0, 0.1) is 0 Å². The fourth-order valence-electron chi connectivity index (χ4n) is 2.49. The smallest absolute Gasteiger partial charge is 0.338 e. The van der Waals surface area contributed by atoms with E-state index in [-0.39, 0.29) is 18.0 Å². The standard InChI is InChI=1S/C16H17N5O3/c1-2-7-21-13-6-4-3-5-12(13)18-16(21)19-14(22)10-20-9-11(8-17-20)15(23)24/h3-6,8-9H,2,7,10H2,1H3,(H,23,24)(H,18,19,22). The van der Waals surface area contributed by atoms with Crippen molar-refractivity contribution >= 4 is 28.9 Å². The van der Waals surface area contributed by atoms with Gasteiger partial charge in [-0.3, -0.25) is 14.8 Å². The molecule has 0 radical (unpaired) electrons. The molecule has 8 nitrogen and oxygen atoms in total. The number of carbonyl (C=O) groups is 2. The van der Waals surface area contributed by atoms with Gasteiger partial charge in [-0.05, 0) is 18.6 Å². The monoisotopic (exact) mass is 327 g/mol. The Bertz CT molecular complexity index is 896. The van der Waals surface area contributed by atoms with Gasteiger partial charge >= 0.3 is 5.97 Å². The lowest BCUT2D eigenvalue weighted by Gasteiger charge is -2.09. The van der Waals surface area contributed by atoms with E-state index >= 15 is 0 Å². The van der Waals surface area contributed by atoms with Gasteiger partial charge in [0.05, 0.1) is 22.8 Å². The van der Waals surface area contributed by atoms with Crippen molar-refractivity contribution in [3.8, 4) is 0 Å². The van der Waals surface area contributed by atoms with Gasteiger partial charge in [-0.1, -0.05) is 19.1 Å². The molecule has 0 aliphatic rings. The average Bonchev–Trinajstić information content (AvgIpc) is 3.13. The summed E-state index contributed by atoms with van der Waals surface area (Å²) >= 11 is 0. The van der Waals surface area contributed by atoms with Crippen molar-refractivity contribution in [1.82, 2.24) is 19.3 Å². The van der Waals surface area contributed by atoms with Gasteiger partial charge in [0.2, 0.25) is 11.9 Å². The van der Waals surface area contributed by atoms with Crippen molar-refractivity contribution in [2.45, 2.75) is 26.4 Å². The van der Waals surface area contributed by atoms with Crippen LogP contribution in [0.3, 0.4) is 0 Å². The van der Waals surface area contributed by atoms with E-state index in [9.17, 15) is 9.59 Å². The number of nitrogens with zero attached hydrogens (tertiary/aromatic N) is 4. The molecule has 1 aromatic carbocycles. The SMILES string of the molecule is CCCn1c(NC(=O)Cn2cc(C(=O)O)cn2)nc2ccccc21. The Morgan fingerprint density at radius 2 is 2.08 bits per heavy atom. The Balaban J connectivity index is 1.79. The summed E-state index contributed by atoms with van der Waals surface area (Å²) in [5.74, 6) is -0.914. The van der Waals surface area contributed by atoms with E-state index in [0.717, 1.165) is 24.0 Å². The third-order valence-electron chi connectivity index (χ3n) is 3.54. The fraction of sp³-hybridized carbons (Fsp3) is 0.250. The van der Waals surface area contributed by atoms with Crippen LogP contribution in [0.5, 0.6) is 0 Å². The highest BCUT2D eigenvalue weighted by Crippen LogP contribution is 2.20. The number of fused-ring (bicyclic) bond motifs is 1. The molecule has 3 aromatic rings. The van der Waals surface area contributed by atoms with Gasteiger partial charge in [0.1, 0.15) is 6.54 Å². The number of carbonyl (C=O) groups excluding carboxylic acids is 1. The zero-order valence-corrected chi connectivity index (χ0v) is 13.1. The number of para-hydroxylation sites is 2. The zero-order valence-electron chi connectivity index (χ0n) is 13.1. The third-order valence-corrected chi connectivity index (χ3v) is 3.54. The van der Waals surface area contributed by atoms with Crippen molar-refractivity contribution in [1.29, 1.82) is 0 Å². The van der Waals surface area contributed by atoms with Crippen LogP contribution >= 0.6 is 0 Å². The summed E-state index contributed by atoms with van der Waals surface area (Å²) in [5, 5.41) is 15.5. The van der Waals surface area contributed by atoms with Crippen molar-refractivity contribution in [2.75, 3.05) is 5.32 Å². The maximum Gasteiger partial charge on any atom is 0.338 e. The summed E-state index contributed by atoms with van der Waals surface area (Å²) in [7, 11) is 0. The van der Waals surface area contributed by atoms with Gasteiger partial charge in [0.25, 0.3) is 0 Å². The van der Waals surface area contributed by atoms with Gasteiger partial charge in [-0.25, -0.2) is 9.78 Å². The number of aromatic nitrogens is 4.